The summed E-state index contributed by atoms with van der Waals surface area (Å²) in [6.45, 7) is 2.05. The van der Waals surface area contributed by atoms with Gasteiger partial charge in [0.2, 0.25) is 0 Å². The number of aliphatic hydroxyl groups is 2. The molecular formula is C25H27N2O7P. The van der Waals surface area contributed by atoms with E-state index in [1.54, 1.807) is 13.1 Å². The normalized spacial score (nSPS) is 19.7. The summed E-state index contributed by atoms with van der Waals surface area (Å²) in [5, 5.41) is 20.0. The van der Waals surface area contributed by atoms with E-state index >= 15 is 0 Å². The number of hydrogen-bond acceptors (Lipinski definition) is 6. The third-order valence-corrected chi connectivity index (χ3v) is 6.28. The van der Waals surface area contributed by atoms with Crippen molar-refractivity contribution < 1.29 is 33.8 Å². The van der Waals surface area contributed by atoms with Crippen molar-refractivity contribution in [3.8, 4) is 23.0 Å². The summed E-state index contributed by atoms with van der Waals surface area (Å²) in [6.07, 6.45) is 1.69. The molecule has 2 heterocycles. The Morgan fingerprint density at radius 2 is 1.80 bits per heavy atom. The molecule has 35 heavy (non-hydrogen) atoms. The van der Waals surface area contributed by atoms with Crippen LogP contribution in [-0.2, 0) is 13.8 Å². The lowest BCUT2D eigenvalue weighted by Gasteiger charge is -2.17. The number of phosphoric acid groups is 1. The molecule has 1 aliphatic heterocycles. The van der Waals surface area contributed by atoms with Crippen LogP contribution in [0.25, 0.3) is 11.1 Å². The number of rotatable bonds is 7. The van der Waals surface area contributed by atoms with Gasteiger partial charge in [-0.15, -0.1) is 0 Å². The highest BCUT2D eigenvalue weighted by atomic mass is 31.2. The topological polar surface area (TPSA) is 134 Å². The molecule has 1 saturated heterocycles. The Kier molecular flexibility index (Phi) is 7.85. The van der Waals surface area contributed by atoms with Crippen molar-refractivity contribution in [3.63, 3.8) is 0 Å². The van der Waals surface area contributed by atoms with E-state index in [0.717, 1.165) is 16.7 Å². The largest absolute Gasteiger partial charge is 0.469 e. The van der Waals surface area contributed by atoms with Gasteiger partial charge in [0.15, 0.2) is 0 Å². The maximum Gasteiger partial charge on any atom is 0.469 e. The summed E-state index contributed by atoms with van der Waals surface area (Å²) in [5.74, 6) is 6.29. The molecule has 4 rings (SSSR count). The van der Waals surface area contributed by atoms with Crippen LogP contribution in [0.15, 0.2) is 60.9 Å². The second kappa shape index (κ2) is 10.9. The number of nitrogens with zero attached hydrogens (tertiary/aromatic N) is 2. The van der Waals surface area contributed by atoms with Crippen LogP contribution in [0.5, 0.6) is 0 Å². The zero-order valence-corrected chi connectivity index (χ0v) is 20.0. The van der Waals surface area contributed by atoms with E-state index in [2.05, 4.69) is 21.3 Å². The SMILES string of the molecule is C[C@H](O)c1nccn1[C@@H](C#Cc1ccc(-c2ccc([C@H]3COC[C@@H]3O)cc2)cc1)COP(=O)(O)O. The molecule has 1 aromatic heterocycles. The Balaban J connectivity index is 1.51. The maximum absolute atomic E-state index is 11.2. The van der Waals surface area contributed by atoms with Crippen LogP contribution in [0.4, 0.5) is 0 Å². The minimum atomic E-state index is -4.70. The van der Waals surface area contributed by atoms with Gasteiger partial charge in [0.25, 0.3) is 0 Å². The molecular weight excluding hydrogens is 471 g/mol. The van der Waals surface area contributed by atoms with Gasteiger partial charge in [0.05, 0.1) is 25.9 Å². The summed E-state index contributed by atoms with van der Waals surface area (Å²) in [4.78, 5) is 22.3. The molecule has 0 unspecified atom stereocenters. The van der Waals surface area contributed by atoms with Crippen LogP contribution in [0, 0.1) is 11.8 Å². The fourth-order valence-electron chi connectivity index (χ4n) is 3.97. The van der Waals surface area contributed by atoms with E-state index in [-0.39, 0.29) is 12.5 Å². The first-order valence-electron chi connectivity index (χ1n) is 11.1. The van der Waals surface area contributed by atoms with Crippen molar-refractivity contribution in [2.24, 2.45) is 0 Å². The molecule has 0 bridgehead atoms. The van der Waals surface area contributed by atoms with Crippen molar-refractivity contribution in [2.45, 2.75) is 31.1 Å². The van der Waals surface area contributed by atoms with Crippen LogP contribution in [0.1, 0.15) is 41.9 Å². The van der Waals surface area contributed by atoms with E-state index < -0.39 is 26.1 Å². The van der Waals surface area contributed by atoms with E-state index in [1.807, 2.05) is 48.5 Å². The fourth-order valence-corrected chi connectivity index (χ4v) is 4.30. The van der Waals surface area contributed by atoms with Crippen LogP contribution in [-0.4, -0.2) is 55.5 Å². The highest BCUT2D eigenvalue weighted by Crippen LogP contribution is 2.37. The predicted octanol–water partition coefficient (Wildman–Crippen LogP) is 2.78. The van der Waals surface area contributed by atoms with Crippen molar-refractivity contribution in [1.29, 1.82) is 0 Å². The molecule has 0 amide bonds. The number of phosphoric ester groups is 1. The average molecular weight is 498 g/mol. The summed E-state index contributed by atoms with van der Waals surface area (Å²) in [6, 6.07) is 14.8. The number of ether oxygens (including phenoxy) is 1. The van der Waals surface area contributed by atoms with Gasteiger partial charge in [0.1, 0.15) is 18.0 Å². The van der Waals surface area contributed by atoms with Crippen LogP contribution >= 0.6 is 7.82 Å². The molecule has 10 heteroatoms. The summed E-state index contributed by atoms with van der Waals surface area (Å²) in [7, 11) is -4.70. The van der Waals surface area contributed by atoms with Crippen molar-refractivity contribution in [3.05, 3.63) is 77.9 Å². The summed E-state index contributed by atoms with van der Waals surface area (Å²) < 4.78 is 22.8. The second-order valence-electron chi connectivity index (χ2n) is 8.35. The average Bonchev–Trinajstić information content (AvgIpc) is 3.48. The van der Waals surface area contributed by atoms with Crippen LogP contribution in [0.3, 0.4) is 0 Å². The third kappa shape index (κ3) is 6.45. The number of aromatic nitrogens is 2. The van der Waals surface area contributed by atoms with E-state index in [4.69, 9.17) is 14.5 Å². The van der Waals surface area contributed by atoms with Crippen molar-refractivity contribution in [1.82, 2.24) is 9.55 Å². The second-order valence-corrected chi connectivity index (χ2v) is 9.59. The third-order valence-electron chi connectivity index (χ3n) is 5.80. The first-order chi connectivity index (χ1) is 16.7. The molecule has 0 radical (unpaired) electrons. The van der Waals surface area contributed by atoms with E-state index in [0.29, 0.717) is 24.6 Å². The smallest absolute Gasteiger partial charge is 0.390 e. The van der Waals surface area contributed by atoms with Crippen molar-refractivity contribution >= 4 is 7.82 Å². The predicted molar refractivity (Wildman–Crippen MR) is 128 cm³/mol. The Hall–Kier alpha value is -2.80. The van der Waals surface area contributed by atoms with Gasteiger partial charge >= 0.3 is 7.82 Å². The lowest BCUT2D eigenvalue weighted by Crippen LogP contribution is -2.17. The number of benzene rings is 2. The van der Waals surface area contributed by atoms with Gasteiger partial charge in [0, 0.05) is 23.9 Å². The molecule has 1 fully saturated rings. The molecule has 9 nitrogen and oxygen atoms in total. The molecule has 0 spiro atoms. The van der Waals surface area contributed by atoms with Crippen LogP contribution in [0.2, 0.25) is 0 Å². The lowest BCUT2D eigenvalue weighted by molar-refractivity contribution is 0.124. The zero-order valence-electron chi connectivity index (χ0n) is 19.1. The quantitative estimate of drug-likeness (QED) is 0.289. The standard InChI is InChI=1S/C25H27N2O7P/c1-17(28)25-26-12-13-27(25)22(14-34-35(30,31)32)11-4-18-2-5-19(6-3-18)20-7-9-21(10-8-20)23-15-33-16-24(23)29/h2-3,5-10,12-13,17,22-24,28-29H,14-16H2,1H3,(H2,30,31,32)/t17-,22-,23+,24-/m0/s1. The van der Waals surface area contributed by atoms with Gasteiger partial charge in [-0.05, 0) is 35.7 Å². The highest BCUT2D eigenvalue weighted by molar-refractivity contribution is 7.46. The first kappa shape index (κ1) is 25.3. The van der Waals surface area contributed by atoms with E-state index in [1.165, 1.54) is 10.8 Å². The molecule has 3 aromatic rings. The van der Waals surface area contributed by atoms with Gasteiger partial charge in [-0.3, -0.25) is 4.52 Å². The molecule has 0 saturated carbocycles. The molecule has 2 aromatic carbocycles. The number of aliphatic hydroxyl groups excluding tert-OH is 2. The Morgan fingerprint density at radius 3 is 2.37 bits per heavy atom. The van der Waals surface area contributed by atoms with E-state index in [9.17, 15) is 14.8 Å². The highest BCUT2D eigenvalue weighted by Gasteiger charge is 2.27. The minimum Gasteiger partial charge on any atom is -0.390 e. The first-order valence-corrected chi connectivity index (χ1v) is 12.6. The minimum absolute atomic E-state index is 0.00553. The van der Waals surface area contributed by atoms with Gasteiger partial charge < -0.3 is 29.3 Å². The molecule has 1 aliphatic rings. The molecule has 184 valence electrons. The molecule has 0 aliphatic carbocycles. The maximum atomic E-state index is 11.2. The molecule has 4 N–H and O–H groups in total. The number of imidazole rings is 1. The Morgan fingerprint density at radius 1 is 1.14 bits per heavy atom. The van der Waals surface area contributed by atoms with Crippen molar-refractivity contribution in [2.75, 3.05) is 19.8 Å². The monoisotopic (exact) mass is 498 g/mol. The van der Waals surface area contributed by atoms with Gasteiger partial charge in [-0.25, -0.2) is 9.55 Å². The Bertz CT molecular complexity index is 1240. The van der Waals surface area contributed by atoms with Crippen LogP contribution < -0.4 is 0 Å². The molecule has 4 atom stereocenters. The fraction of sp³-hybridized carbons (Fsp3) is 0.320. The lowest BCUT2D eigenvalue weighted by atomic mass is 9.94. The number of hydrogen-bond donors (Lipinski definition) is 4. The Labute approximate surface area is 203 Å². The summed E-state index contributed by atoms with van der Waals surface area (Å²) >= 11 is 0. The zero-order chi connectivity index (χ0) is 25.0. The van der Waals surface area contributed by atoms with Gasteiger partial charge in [-0.1, -0.05) is 48.2 Å². The summed E-state index contributed by atoms with van der Waals surface area (Å²) in [5.41, 5.74) is 3.77. The van der Waals surface area contributed by atoms with Gasteiger partial charge in [-0.2, -0.15) is 0 Å².